The first kappa shape index (κ1) is 20.9. The fraction of sp³-hybridized carbons (Fsp3) is 0.375. The average molecular weight is 421 g/mol. The van der Waals surface area contributed by atoms with Crippen LogP contribution in [0.5, 0.6) is 5.75 Å². The summed E-state index contributed by atoms with van der Waals surface area (Å²) in [6.45, 7) is 2.36. The molecule has 0 bridgehead atoms. The van der Waals surface area contributed by atoms with E-state index in [0.29, 0.717) is 19.0 Å². The van der Waals surface area contributed by atoms with Gasteiger partial charge in [0.1, 0.15) is 11.3 Å². The lowest BCUT2D eigenvalue weighted by molar-refractivity contribution is -0.134. The van der Waals surface area contributed by atoms with E-state index < -0.39 is 5.54 Å². The average Bonchev–Trinajstić information content (AvgIpc) is 3.58. The lowest BCUT2D eigenvalue weighted by Crippen LogP contribution is -2.44. The summed E-state index contributed by atoms with van der Waals surface area (Å²) in [5.74, 6) is 1.01. The number of nitrogens with two attached hydrogens (primary N) is 1. The molecule has 1 saturated carbocycles. The van der Waals surface area contributed by atoms with Crippen LogP contribution in [0.4, 0.5) is 0 Å². The number of ether oxygens (including phenoxy) is 1. The molecule has 7 heteroatoms. The molecule has 2 aromatic rings. The molecule has 0 radical (unpaired) electrons. The van der Waals surface area contributed by atoms with Crippen molar-refractivity contribution >= 4 is 17.8 Å². The highest BCUT2D eigenvalue weighted by Crippen LogP contribution is 2.40. The molecule has 1 fully saturated rings. The topological polar surface area (TPSA) is 97.0 Å². The number of hydrogen-bond acceptors (Lipinski definition) is 5. The summed E-state index contributed by atoms with van der Waals surface area (Å²) in [5, 5.41) is 2.85. The Morgan fingerprint density at radius 3 is 2.71 bits per heavy atom. The van der Waals surface area contributed by atoms with E-state index in [1.165, 1.54) is 23.3 Å². The Morgan fingerprint density at radius 1 is 1.23 bits per heavy atom. The molecule has 1 aliphatic heterocycles. The maximum absolute atomic E-state index is 13.1. The predicted molar refractivity (Wildman–Crippen MR) is 118 cm³/mol. The number of carbonyl (C=O) groups is 2. The van der Waals surface area contributed by atoms with Crippen LogP contribution >= 0.6 is 0 Å². The zero-order valence-corrected chi connectivity index (χ0v) is 17.9. The lowest BCUT2D eigenvalue weighted by atomic mass is 9.97. The molecule has 0 spiro atoms. The monoisotopic (exact) mass is 420 g/mol. The first-order valence-electron chi connectivity index (χ1n) is 10.5. The second kappa shape index (κ2) is 8.41. The van der Waals surface area contributed by atoms with Gasteiger partial charge in [-0.2, -0.15) is 0 Å². The van der Waals surface area contributed by atoms with Crippen LogP contribution in [0.1, 0.15) is 48.8 Å². The van der Waals surface area contributed by atoms with Crippen LogP contribution in [0.2, 0.25) is 0 Å². The van der Waals surface area contributed by atoms with Crippen LogP contribution in [-0.2, 0) is 22.7 Å². The van der Waals surface area contributed by atoms with Gasteiger partial charge in [-0.05, 0) is 54.5 Å². The fourth-order valence-corrected chi connectivity index (χ4v) is 3.93. The summed E-state index contributed by atoms with van der Waals surface area (Å²) < 4.78 is 5.20. The van der Waals surface area contributed by atoms with Crippen molar-refractivity contribution in [1.29, 1.82) is 0 Å². The summed E-state index contributed by atoms with van der Waals surface area (Å²) in [6.07, 6.45) is 2.38. The van der Waals surface area contributed by atoms with Crippen LogP contribution in [0.15, 0.2) is 53.5 Å². The number of rotatable bonds is 8. The van der Waals surface area contributed by atoms with Crippen LogP contribution in [-0.4, -0.2) is 35.3 Å². The van der Waals surface area contributed by atoms with Crippen LogP contribution in [0.25, 0.3) is 0 Å². The Balaban J connectivity index is 1.37. The van der Waals surface area contributed by atoms with Gasteiger partial charge in [-0.25, -0.2) is 4.99 Å². The number of methoxy groups -OCH3 is 1. The summed E-state index contributed by atoms with van der Waals surface area (Å²) in [7, 11) is 1.60. The Kier molecular flexibility index (Phi) is 5.67. The van der Waals surface area contributed by atoms with Gasteiger partial charge < -0.3 is 15.8 Å². The van der Waals surface area contributed by atoms with Gasteiger partial charge >= 0.3 is 0 Å². The molecule has 1 atom stereocenters. The third kappa shape index (κ3) is 4.71. The minimum Gasteiger partial charge on any atom is -0.497 e. The van der Waals surface area contributed by atoms with Gasteiger partial charge in [0.15, 0.2) is 5.96 Å². The van der Waals surface area contributed by atoms with Crippen molar-refractivity contribution in [2.45, 2.75) is 50.7 Å². The van der Waals surface area contributed by atoms with Gasteiger partial charge in [0.25, 0.3) is 5.91 Å². The minimum absolute atomic E-state index is 0.0604. The summed E-state index contributed by atoms with van der Waals surface area (Å²) in [4.78, 5) is 31.5. The third-order valence-corrected chi connectivity index (χ3v) is 5.81. The molecular formula is C24H28N4O3. The van der Waals surface area contributed by atoms with Gasteiger partial charge in [-0.1, -0.05) is 36.4 Å². The Hall–Kier alpha value is -3.35. The molecule has 2 aromatic carbocycles. The molecule has 0 aromatic heterocycles. The molecule has 2 amide bonds. The van der Waals surface area contributed by atoms with Crippen LogP contribution in [0.3, 0.4) is 0 Å². The van der Waals surface area contributed by atoms with Gasteiger partial charge in [-0.3, -0.25) is 14.5 Å². The van der Waals surface area contributed by atoms with E-state index in [1.807, 2.05) is 36.4 Å². The quantitative estimate of drug-likeness (QED) is 0.686. The van der Waals surface area contributed by atoms with E-state index >= 15 is 0 Å². The zero-order chi connectivity index (χ0) is 22.0. The van der Waals surface area contributed by atoms with Crippen LogP contribution in [0, 0.1) is 0 Å². The molecule has 7 nitrogen and oxygen atoms in total. The number of benzene rings is 2. The molecule has 4 rings (SSSR count). The smallest absolute Gasteiger partial charge is 0.257 e. The highest BCUT2D eigenvalue weighted by atomic mass is 16.5. The van der Waals surface area contributed by atoms with Gasteiger partial charge in [0, 0.05) is 6.54 Å². The molecule has 1 heterocycles. The maximum atomic E-state index is 13.1. The van der Waals surface area contributed by atoms with Crippen molar-refractivity contribution in [2.75, 3.05) is 7.11 Å². The van der Waals surface area contributed by atoms with Gasteiger partial charge in [0.05, 0.1) is 20.1 Å². The second-order valence-corrected chi connectivity index (χ2v) is 8.46. The normalized spacial score (nSPS) is 20.5. The standard InChI is InChI=1S/C24H28N4O3/c1-24(13-21(29)26-14-16-5-4-8-20(12-16)31-2)22(30)28(23(25)27-24)15-17-6-3-7-19(11-17)18-9-10-18/h3-8,11-12,18H,9-10,13-15H2,1-2H3,(H2,25,27)(H,26,29). The number of nitrogens with one attached hydrogen (secondary N) is 1. The lowest BCUT2D eigenvalue weighted by Gasteiger charge is -2.22. The molecule has 1 aliphatic carbocycles. The fourth-order valence-electron chi connectivity index (χ4n) is 3.93. The molecule has 1 unspecified atom stereocenters. The Morgan fingerprint density at radius 2 is 1.97 bits per heavy atom. The number of aliphatic imine (C=N–C) groups is 1. The van der Waals surface area contributed by atoms with Crippen molar-refractivity contribution < 1.29 is 14.3 Å². The first-order chi connectivity index (χ1) is 14.9. The highest BCUT2D eigenvalue weighted by Gasteiger charge is 2.45. The van der Waals surface area contributed by atoms with Gasteiger partial charge in [0.2, 0.25) is 5.91 Å². The molecule has 3 N–H and O–H groups in total. The molecule has 0 saturated heterocycles. The van der Waals surface area contributed by atoms with E-state index in [2.05, 4.69) is 22.4 Å². The van der Waals surface area contributed by atoms with E-state index in [4.69, 9.17) is 10.5 Å². The van der Waals surface area contributed by atoms with Crippen molar-refractivity contribution in [3.63, 3.8) is 0 Å². The third-order valence-electron chi connectivity index (χ3n) is 5.81. The number of hydrogen-bond donors (Lipinski definition) is 2. The van der Waals surface area contributed by atoms with E-state index in [9.17, 15) is 9.59 Å². The molecule has 2 aliphatic rings. The zero-order valence-electron chi connectivity index (χ0n) is 17.9. The molecule has 31 heavy (non-hydrogen) atoms. The van der Waals surface area contributed by atoms with Crippen molar-refractivity contribution in [2.24, 2.45) is 10.7 Å². The Bertz CT molecular complexity index is 1030. The summed E-state index contributed by atoms with van der Waals surface area (Å²) in [6, 6.07) is 15.7. The van der Waals surface area contributed by atoms with Gasteiger partial charge in [-0.15, -0.1) is 0 Å². The highest BCUT2D eigenvalue weighted by molar-refractivity contribution is 6.08. The first-order valence-corrected chi connectivity index (χ1v) is 10.5. The minimum atomic E-state index is -1.20. The molecular weight excluding hydrogens is 392 g/mol. The molecule has 162 valence electrons. The predicted octanol–water partition coefficient (Wildman–Crippen LogP) is 2.69. The van der Waals surface area contributed by atoms with Crippen molar-refractivity contribution in [3.8, 4) is 5.75 Å². The van der Waals surface area contributed by atoms with Crippen LogP contribution < -0.4 is 15.8 Å². The number of guanidine groups is 1. The number of nitrogens with zero attached hydrogens (tertiary/aromatic N) is 2. The Labute approximate surface area is 182 Å². The number of carbonyl (C=O) groups excluding carboxylic acids is 2. The number of amides is 2. The second-order valence-electron chi connectivity index (χ2n) is 8.46. The van der Waals surface area contributed by atoms with Crippen molar-refractivity contribution in [1.82, 2.24) is 10.2 Å². The summed E-state index contributed by atoms with van der Waals surface area (Å²) >= 11 is 0. The van der Waals surface area contributed by atoms with E-state index in [1.54, 1.807) is 14.0 Å². The SMILES string of the molecule is COc1cccc(CNC(=O)CC2(C)N=C(N)N(Cc3cccc(C4CC4)c3)C2=O)c1. The van der Waals surface area contributed by atoms with E-state index in [0.717, 1.165) is 16.9 Å². The maximum Gasteiger partial charge on any atom is 0.257 e. The van der Waals surface area contributed by atoms with E-state index in [-0.39, 0.29) is 24.2 Å². The largest absolute Gasteiger partial charge is 0.497 e. The summed E-state index contributed by atoms with van der Waals surface area (Å²) in [5.41, 5.74) is 8.12. The van der Waals surface area contributed by atoms with Crippen molar-refractivity contribution in [3.05, 3.63) is 65.2 Å².